The van der Waals surface area contributed by atoms with Crippen LogP contribution in [-0.2, 0) is 20.9 Å². The minimum Gasteiger partial charge on any atom is -0.497 e. The standard InChI is InChI=1S/C21H32O5/c1-14(2)16(5)26-21(23)20(22)11-18(15(3)4)13-25-12-17-7-9-19(24-6)10-8-17/h7-10,14,16,20,22H,11-13H2,1-6H3. The molecular formula is C21H32O5. The largest absolute Gasteiger partial charge is 0.497 e. The van der Waals surface area contributed by atoms with Gasteiger partial charge in [-0.05, 0) is 50.0 Å². The molecule has 0 aliphatic carbocycles. The van der Waals surface area contributed by atoms with Gasteiger partial charge in [0.1, 0.15) is 11.9 Å². The Bertz CT molecular complexity index is 585. The van der Waals surface area contributed by atoms with Gasteiger partial charge in [-0.15, -0.1) is 0 Å². The number of rotatable bonds is 10. The zero-order valence-electron chi connectivity index (χ0n) is 16.7. The third kappa shape index (κ3) is 7.58. The Labute approximate surface area is 157 Å². The van der Waals surface area contributed by atoms with Crippen molar-refractivity contribution < 1.29 is 24.1 Å². The molecule has 2 atom stereocenters. The molecule has 0 aromatic heterocycles. The average Bonchev–Trinajstić information content (AvgIpc) is 2.60. The second kappa shape index (κ2) is 11.0. The molecule has 0 aliphatic rings. The summed E-state index contributed by atoms with van der Waals surface area (Å²) in [6.45, 7) is 10.5. The number of hydrogen-bond acceptors (Lipinski definition) is 5. The van der Waals surface area contributed by atoms with Crippen LogP contribution in [-0.4, -0.2) is 37.0 Å². The minimum absolute atomic E-state index is 0.210. The molecule has 5 nitrogen and oxygen atoms in total. The monoisotopic (exact) mass is 364 g/mol. The highest BCUT2D eigenvalue weighted by molar-refractivity contribution is 5.75. The van der Waals surface area contributed by atoms with E-state index in [2.05, 4.69) is 0 Å². The van der Waals surface area contributed by atoms with Crippen LogP contribution in [0.25, 0.3) is 0 Å². The fraction of sp³-hybridized carbons (Fsp3) is 0.571. The van der Waals surface area contributed by atoms with E-state index >= 15 is 0 Å². The third-order valence-electron chi connectivity index (χ3n) is 4.36. The van der Waals surface area contributed by atoms with Crippen LogP contribution < -0.4 is 4.74 Å². The van der Waals surface area contributed by atoms with Gasteiger partial charge < -0.3 is 19.3 Å². The first-order valence-electron chi connectivity index (χ1n) is 8.99. The molecule has 0 amide bonds. The zero-order chi connectivity index (χ0) is 19.7. The fourth-order valence-corrected chi connectivity index (χ4v) is 2.14. The average molecular weight is 364 g/mol. The van der Waals surface area contributed by atoms with Gasteiger partial charge in [-0.2, -0.15) is 0 Å². The maximum absolute atomic E-state index is 12.0. The van der Waals surface area contributed by atoms with E-state index in [1.165, 1.54) is 0 Å². The van der Waals surface area contributed by atoms with Crippen molar-refractivity contribution in [2.75, 3.05) is 13.7 Å². The van der Waals surface area contributed by atoms with Crippen LogP contribution in [0.1, 0.15) is 46.6 Å². The molecule has 0 fully saturated rings. The first kappa shape index (κ1) is 22.2. The van der Waals surface area contributed by atoms with Crippen molar-refractivity contribution in [2.45, 2.75) is 59.9 Å². The molecule has 0 saturated heterocycles. The lowest BCUT2D eigenvalue weighted by molar-refractivity contribution is -0.160. The molecule has 0 bridgehead atoms. The number of hydrogen-bond donors (Lipinski definition) is 1. The van der Waals surface area contributed by atoms with E-state index in [-0.39, 0.29) is 18.4 Å². The quantitative estimate of drug-likeness (QED) is 0.504. The molecular weight excluding hydrogens is 332 g/mol. The van der Waals surface area contributed by atoms with Gasteiger partial charge in [0.05, 0.1) is 20.3 Å². The van der Waals surface area contributed by atoms with Gasteiger partial charge in [-0.1, -0.05) is 31.6 Å². The molecule has 1 aromatic rings. The van der Waals surface area contributed by atoms with Crippen LogP contribution in [0.4, 0.5) is 0 Å². The van der Waals surface area contributed by atoms with Gasteiger partial charge in [-0.25, -0.2) is 4.79 Å². The Morgan fingerprint density at radius 1 is 1.12 bits per heavy atom. The summed E-state index contributed by atoms with van der Waals surface area (Å²) >= 11 is 0. The lowest BCUT2D eigenvalue weighted by Gasteiger charge is -2.20. The molecule has 1 rings (SSSR count). The van der Waals surface area contributed by atoms with Gasteiger partial charge in [0.15, 0.2) is 6.10 Å². The summed E-state index contributed by atoms with van der Waals surface area (Å²) in [5, 5.41) is 10.2. The smallest absolute Gasteiger partial charge is 0.335 e. The van der Waals surface area contributed by atoms with E-state index in [1.807, 2.05) is 58.9 Å². The molecule has 1 N–H and O–H groups in total. The highest BCUT2D eigenvalue weighted by Gasteiger charge is 2.22. The van der Waals surface area contributed by atoms with Crippen LogP contribution in [0, 0.1) is 5.92 Å². The summed E-state index contributed by atoms with van der Waals surface area (Å²) < 4.78 is 16.2. The first-order chi connectivity index (χ1) is 12.2. The Kier molecular flexibility index (Phi) is 9.38. The number of methoxy groups -OCH3 is 1. The van der Waals surface area contributed by atoms with E-state index in [9.17, 15) is 9.90 Å². The highest BCUT2D eigenvalue weighted by atomic mass is 16.6. The van der Waals surface area contributed by atoms with Crippen LogP contribution in [0.5, 0.6) is 5.75 Å². The molecule has 26 heavy (non-hydrogen) atoms. The van der Waals surface area contributed by atoms with Crippen LogP contribution >= 0.6 is 0 Å². The van der Waals surface area contributed by atoms with Crippen molar-refractivity contribution in [2.24, 2.45) is 5.92 Å². The van der Waals surface area contributed by atoms with E-state index in [0.717, 1.165) is 22.5 Å². The SMILES string of the molecule is COc1ccc(COCC(CC(O)C(=O)OC(C)C(C)C)=C(C)C)cc1. The van der Waals surface area contributed by atoms with Gasteiger partial charge in [0.25, 0.3) is 0 Å². The molecule has 0 radical (unpaired) electrons. The number of esters is 1. The number of allylic oxidation sites excluding steroid dienone is 1. The van der Waals surface area contributed by atoms with Crippen molar-refractivity contribution in [3.63, 3.8) is 0 Å². The summed E-state index contributed by atoms with van der Waals surface area (Å²) in [5.41, 5.74) is 2.97. The summed E-state index contributed by atoms with van der Waals surface area (Å²) in [6.07, 6.45) is -1.18. The van der Waals surface area contributed by atoms with Crippen LogP contribution in [0.3, 0.4) is 0 Å². The van der Waals surface area contributed by atoms with E-state index in [1.54, 1.807) is 7.11 Å². The lowest BCUT2D eigenvalue weighted by atomic mass is 10.0. The summed E-state index contributed by atoms with van der Waals surface area (Å²) in [5.74, 6) is 0.429. The topological polar surface area (TPSA) is 65.0 Å². The molecule has 2 unspecified atom stereocenters. The van der Waals surface area contributed by atoms with Crippen molar-refractivity contribution >= 4 is 5.97 Å². The van der Waals surface area contributed by atoms with Crippen molar-refractivity contribution in [3.8, 4) is 5.75 Å². The predicted octanol–water partition coefficient (Wildman–Crippen LogP) is 3.89. The number of aliphatic hydroxyl groups excluding tert-OH is 1. The summed E-state index contributed by atoms with van der Waals surface area (Å²) in [7, 11) is 1.63. The van der Waals surface area contributed by atoms with E-state index in [4.69, 9.17) is 14.2 Å². The van der Waals surface area contributed by atoms with E-state index in [0.29, 0.717) is 13.2 Å². The summed E-state index contributed by atoms with van der Waals surface area (Å²) in [4.78, 5) is 12.0. The number of ether oxygens (including phenoxy) is 3. The first-order valence-corrected chi connectivity index (χ1v) is 8.99. The number of benzene rings is 1. The number of carbonyl (C=O) groups excluding carboxylic acids is 1. The van der Waals surface area contributed by atoms with E-state index < -0.39 is 12.1 Å². The predicted molar refractivity (Wildman–Crippen MR) is 102 cm³/mol. The van der Waals surface area contributed by atoms with Crippen molar-refractivity contribution in [1.82, 2.24) is 0 Å². The molecule has 1 aromatic carbocycles. The molecule has 146 valence electrons. The third-order valence-corrected chi connectivity index (χ3v) is 4.36. The molecule has 0 spiro atoms. The van der Waals surface area contributed by atoms with Gasteiger partial charge in [0, 0.05) is 6.42 Å². The van der Waals surface area contributed by atoms with Crippen LogP contribution in [0.2, 0.25) is 0 Å². The van der Waals surface area contributed by atoms with Crippen molar-refractivity contribution in [3.05, 3.63) is 41.0 Å². The minimum atomic E-state index is -1.18. The Morgan fingerprint density at radius 2 is 1.73 bits per heavy atom. The maximum atomic E-state index is 12.0. The lowest BCUT2D eigenvalue weighted by Crippen LogP contribution is -2.30. The molecule has 0 aliphatic heterocycles. The maximum Gasteiger partial charge on any atom is 0.335 e. The Hall–Kier alpha value is -1.85. The zero-order valence-corrected chi connectivity index (χ0v) is 16.7. The Morgan fingerprint density at radius 3 is 2.23 bits per heavy atom. The van der Waals surface area contributed by atoms with Gasteiger partial charge >= 0.3 is 5.97 Å². The molecule has 0 heterocycles. The fourth-order valence-electron chi connectivity index (χ4n) is 2.14. The number of carbonyl (C=O) groups is 1. The second-order valence-electron chi connectivity index (χ2n) is 7.05. The molecule has 5 heteroatoms. The second-order valence-corrected chi connectivity index (χ2v) is 7.05. The highest BCUT2D eigenvalue weighted by Crippen LogP contribution is 2.17. The molecule has 0 saturated carbocycles. The van der Waals surface area contributed by atoms with Crippen LogP contribution in [0.15, 0.2) is 35.4 Å². The van der Waals surface area contributed by atoms with Gasteiger partial charge in [0.2, 0.25) is 0 Å². The Balaban J connectivity index is 2.53. The van der Waals surface area contributed by atoms with Crippen molar-refractivity contribution in [1.29, 1.82) is 0 Å². The number of aliphatic hydroxyl groups is 1. The summed E-state index contributed by atoms with van der Waals surface area (Å²) in [6, 6.07) is 7.66. The van der Waals surface area contributed by atoms with Gasteiger partial charge in [-0.3, -0.25) is 0 Å². The normalized spacial score (nSPS) is 13.2.